The minimum absolute atomic E-state index is 0.166. The molecule has 0 spiro atoms. The number of hydrogen-bond donors (Lipinski definition) is 1. The molecule has 1 aliphatic heterocycles. The van der Waals surface area contributed by atoms with E-state index in [0.29, 0.717) is 24.0 Å². The van der Waals surface area contributed by atoms with Crippen LogP contribution in [0.15, 0.2) is 27.5 Å². The van der Waals surface area contributed by atoms with Crippen molar-refractivity contribution in [3.8, 4) is 0 Å². The van der Waals surface area contributed by atoms with Crippen LogP contribution in [0.1, 0.15) is 10.6 Å². The van der Waals surface area contributed by atoms with Crippen molar-refractivity contribution in [2.75, 3.05) is 6.54 Å². The van der Waals surface area contributed by atoms with Crippen molar-refractivity contribution >= 4 is 32.7 Å². The van der Waals surface area contributed by atoms with E-state index in [1.54, 1.807) is 18.2 Å². The topological polar surface area (TPSA) is 64.0 Å². The maximum absolute atomic E-state index is 12.2. The third kappa shape index (κ3) is 1.56. The maximum atomic E-state index is 12.2. The summed E-state index contributed by atoms with van der Waals surface area (Å²) in [6.45, 7) is 0.933. The number of carbonyl (C=O) groups is 1. The lowest BCUT2D eigenvalue weighted by atomic mass is 10.2. The Morgan fingerprint density at radius 2 is 2.18 bits per heavy atom. The number of nitrogens with one attached hydrogen (secondary N) is 1. The van der Waals surface area contributed by atoms with Crippen molar-refractivity contribution in [1.82, 2.24) is 14.9 Å². The molecule has 17 heavy (non-hydrogen) atoms. The Labute approximate surface area is 105 Å². The van der Waals surface area contributed by atoms with Gasteiger partial charge in [0.2, 0.25) is 5.82 Å². The van der Waals surface area contributed by atoms with Crippen LogP contribution in [0.3, 0.4) is 0 Å². The highest BCUT2D eigenvalue weighted by molar-refractivity contribution is 9.10. The molecule has 0 atom stereocenters. The van der Waals surface area contributed by atoms with E-state index in [-0.39, 0.29) is 17.3 Å². The summed E-state index contributed by atoms with van der Waals surface area (Å²) in [6, 6.07) is 5.25. The lowest BCUT2D eigenvalue weighted by molar-refractivity contribution is 0.0919. The first-order valence-electron chi connectivity index (χ1n) is 5.15. The first-order valence-corrected chi connectivity index (χ1v) is 5.94. The molecule has 1 N–H and O–H groups in total. The Morgan fingerprint density at radius 1 is 1.35 bits per heavy atom. The van der Waals surface area contributed by atoms with Gasteiger partial charge in [0, 0.05) is 17.6 Å². The smallest absolute Gasteiger partial charge is 0.287 e. The van der Waals surface area contributed by atoms with E-state index in [1.165, 1.54) is 4.57 Å². The van der Waals surface area contributed by atoms with Gasteiger partial charge >= 0.3 is 0 Å². The molecule has 0 saturated carbocycles. The van der Waals surface area contributed by atoms with Crippen LogP contribution in [-0.4, -0.2) is 22.0 Å². The second-order valence-electron chi connectivity index (χ2n) is 3.81. The second kappa shape index (κ2) is 3.66. The summed E-state index contributed by atoms with van der Waals surface area (Å²) in [4.78, 5) is 28.0. The van der Waals surface area contributed by atoms with E-state index in [0.717, 1.165) is 4.47 Å². The normalized spacial score (nSPS) is 14.5. The second-order valence-corrected chi connectivity index (χ2v) is 4.73. The zero-order chi connectivity index (χ0) is 12.0. The van der Waals surface area contributed by atoms with Crippen molar-refractivity contribution in [3.63, 3.8) is 0 Å². The predicted octanol–water partition coefficient (Wildman–Crippen LogP) is 0.902. The van der Waals surface area contributed by atoms with Gasteiger partial charge in [-0.1, -0.05) is 15.9 Å². The van der Waals surface area contributed by atoms with Gasteiger partial charge < -0.3 is 5.32 Å². The molecule has 1 aliphatic rings. The fourth-order valence-corrected chi connectivity index (χ4v) is 2.30. The molecule has 6 heteroatoms. The average molecular weight is 294 g/mol. The van der Waals surface area contributed by atoms with E-state index >= 15 is 0 Å². The Kier molecular flexibility index (Phi) is 2.25. The Bertz CT molecular complexity index is 693. The standard InChI is InChI=1S/C11H8BrN3O2/c12-6-1-2-8-7(5-6)11(17)15-4-3-13-10(16)9(15)14-8/h1-2,5H,3-4H2,(H,13,16). The van der Waals surface area contributed by atoms with Crippen molar-refractivity contribution in [2.45, 2.75) is 6.54 Å². The summed E-state index contributed by atoms with van der Waals surface area (Å²) in [5.74, 6) is -0.103. The summed E-state index contributed by atoms with van der Waals surface area (Å²) in [6.07, 6.45) is 0. The first-order chi connectivity index (χ1) is 8.16. The highest BCUT2D eigenvalue weighted by atomic mass is 79.9. The van der Waals surface area contributed by atoms with E-state index in [9.17, 15) is 9.59 Å². The summed E-state index contributed by atoms with van der Waals surface area (Å²) < 4.78 is 2.25. The molecule has 2 heterocycles. The fourth-order valence-electron chi connectivity index (χ4n) is 1.93. The third-order valence-electron chi connectivity index (χ3n) is 2.74. The van der Waals surface area contributed by atoms with Crippen LogP contribution in [-0.2, 0) is 6.54 Å². The lowest BCUT2D eigenvalue weighted by Crippen LogP contribution is -2.42. The van der Waals surface area contributed by atoms with Gasteiger partial charge in [0.15, 0.2) is 0 Å². The van der Waals surface area contributed by atoms with Crippen molar-refractivity contribution in [2.24, 2.45) is 0 Å². The van der Waals surface area contributed by atoms with E-state index in [2.05, 4.69) is 26.2 Å². The van der Waals surface area contributed by atoms with Crippen LogP contribution in [0, 0.1) is 0 Å². The predicted molar refractivity (Wildman–Crippen MR) is 66.0 cm³/mol. The monoisotopic (exact) mass is 293 g/mol. The van der Waals surface area contributed by atoms with Gasteiger partial charge in [0.1, 0.15) is 0 Å². The highest BCUT2D eigenvalue weighted by Gasteiger charge is 2.20. The molecule has 5 nitrogen and oxygen atoms in total. The van der Waals surface area contributed by atoms with Gasteiger partial charge in [-0.25, -0.2) is 4.98 Å². The van der Waals surface area contributed by atoms with Gasteiger partial charge in [0.25, 0.3) is 11.5 Å². The molecule has 0 radical (unpaired) electrons. The SMILES string of the molecule is O=C1NCCn2c1nc1ccc(Br)cc1c2=O. The van der Waals surface area contributed by atoms with Crippen LogP contribution in [0.4, 0.5) is 0 Å². The number of fused-ring (bicyclic) bond motifs is 2. The zero-order valence-corrected chi connectivity index (χ0v) is 10.3. The number of nitrogens with zero attached hydrogens (tertiary/aromatic N) is 2. The zero-order valence-electron chi connectivity index (χ0n) is 8.74. The Morgan fingerprint density at radius 3 is 3.00 bits per heavy atom. The summed E-state index contributed by atoms with van der Waals surface area (Å²) >= 11 is 3.32. The highest BCUT2D eigenvalue weighted by Crippen LogP contribution is 2.16. The number of benzene rings is 1. The number of rotatable bonds is 0. The molecule has 0 aliphatic carbocycles. The number of aromatic nitrogens is 2. The molecule has 0 unspecified atom stereocenters. The fraction of sp³-hybridized carbons (Fsp3) is 0.182. The molecule has 2 aromatic rings. The van der Waals surface area contributed by atoms with Crippen molar-refractivity contribution < 1.29 is 4.79 Å². The molecular formula is C11H8BrN3O2. The molecular weight excluding hydrogens is 286 g/mol. The van der Waals surface area contributed by atoms with Crippen LogP contribution < -0.4 is 10.9 Å². The number of hydrogen-bond acceptors (Lipinski definition) is 3. The summed E-state index contributed by atoms with van der Waals surface area (Å²) in [5.41, 5.74) is 0.377. The van der Waals surface area contributed by atoms with Gasteiger partial charge in [-0.15, -0.1) is 0 Å². The van der Waals surface area contributed by atoms with E-state index in [4.69, 9.17) is 0 Å². The number of amides is 1. The third-order valence-corrected chi connectivity index (χ3v) is 3.23. The van der Waals surface area contributed by atoms with Crippen LogP contribution >= 0.6 is 15.9 Å². The maximum Gasteiger partial charge on any atom is 0.287 e. The molecule has 0 fully saturated rings. The van der Waals surface area contributed by atoms with Crippen molar-refractivity contribution in [1.29, 1.82) is 0 Å². The molecule has 1 aromatic carbocycles. The molecule has 1 aromatic heterocycles. The summed E-state index contributed by atoms with van der Waals surface area (Å²) in [5, 5.41) is 3.20. The van der Waals surface area contributed by atoms with Gasteiger partial charge in [-0.2, -0.15) is 0 Å². The molecule has 0 saturated heterocycles. The average Bonchev–Trinajstić information content (AvgIpc) is 2.32. The molecule has 3 rings (SSSR count). The van der Waals surface area contributed by atoms with Crippen LogP contribution in [0.2, 0.25) is 0 Å². The first kappa shape index (κ1) is 10.5. The van der Waals surface area contributed by atoms with Crippen LogP contribution in [0.25, 0.3) is 10.9 Å². The number of carbonyl (C=O) groups excluding carboxylic acids is 1. The quantitative estimate of drug-likeness (QED) is 0.785. The molecule has 86 valence electrons. The van der Waals surface area contributed by atoms with Crippen molar-refractivity contribution in [3.05, 3.63) is 38.9 Å². The van der Waals surface area contributed by atoms with E-state index in [1.807, 2.05) is 0 Å². The van der Waals surface area contributed by atoms with Gasteiger partial charge in [-0.3, -0.25) is 14.2 Å². The number of halogens is 1. The van der Waals surface area contributed by atoms with E-state index < -0.39 is 0 Å². The van der Waals surface area contributed by atoms with Crippen LogP contribution in [0.5, 0.6) is 0 Å². The van der Waals surface area contributed by atoms with Gasteiger partial charge in [0.05, 0.1) is 10.9 Å². The summed E-state index contributed by atoms with van der Waals surface area (Å²) in [7, 11) is 0. The molecule has 1 amide bonds. The minimum atomic E-state index is -0.293. The minimum Gasteiger partial charge on any atom is -0.348 e. The molecule has 0 bridgehead atoms. The van der Waals surface area contributed by atoms with Gasteiger partial charge in [-0.05, 0) is 18.2 Å². The lowest BCUT2D eigenvalue weighted by Gasteiger charge is -2.18. The largest absolute Gasteiger partial charge is 0.348 e. The Balaban J connectivity index is 2.43. The Hall–Kier alpha value is -1.69.